The van der Waals surface area contributed by atoms with Gasteiger partial charge in [-0.15, -0.1) is 0 Å². The molecule has 8 nitrogen and oxygen atoms in total. The Morgan fingerprint density at radius 1 is 1.03 bits per heavy atom. The Bertz CT molecular complexity index is 948. The minimum atomic E-state index is -2.32. The molecule has 0 aliphatic heterocycles. The van der Waals surface area contributed by atoms with E-state index >= 15 is 0 Å². The minimum absolute atomic E-state index is 0.204. The summed E-state index contributed by atoms with van der Waals surface area (Å²) >= 11 is 5.99. The number of hydrogen-bond acceptors (Lipinski definition) is 7. The number of nitrogens with zero attached hydrogens (tertiary/aromatic N) is 1. The predicted molar refractivity (Wildman–Crippen MR) is 111 cm³/mol. The zero-order chi connectivity index (χ0) is 22.8. The zero-order valence-corrected chi connectivity index (χ0v) is 17.7. The van der Waals surface area contributed by atoms with E-state index in [1.165, 1.54) is 24.3 Å². The van der Waals surface area contributed by atoms with Gasteiger partial charge >= 0.3 is 11.9 Å². The van der Waals surface area contributed by atoms with Crippen LogP contribution in [0.15, 0.2) is 54.6 Å². The number of hydrogen-bond donors (Lipinski definition) is 1. The van der Waals surface area contributed by atoms with Crippen LogP contribution in [0.3, 0.4) is 0 Å². The molecule has 164 valence electrons. The van der Waals surface area contributed by atoms with Crippen LogP contribution in [0.1, 0.15) is 29.4 Å². The SMILES string of the molecule is COC(=O)C1(C(=O)OC)[C@H](O)C[C@@H](c2ccccc2)[C@@H]([N+](=O)[O-])[C@@H]1c1ccc(Cl)cc1. The fraction of sp³-hybridized carbons (Fsp3) is 0.364. The fourth-order valence-corrected chi connectivity index (χ4v) is 4.78. The van der Waals surface area contributed by atoms with Gasteiger partial charge in [-0.1, -0.05) is 54.1 Å². The first-order valence-electron chi connectivity index (χ1n) is 9.57. The molecule has 0 aromatic heterocycles. The van der Waals surface area contributed by atoms with Crippen molar-refractivity contribution in [1.82, 2.24) is 0 Å². The molecular weight excluding hydrogens is 426 g/mol. The van der Waals surface area contributed by atoms with Gasteiger partial charge in [0, 0.05) is 9.95 Å². The highest BCUT2D eigenvalue weighted by atomic mass is 35.5. The van der Waals surface area contributed by atoms with Gasteiger partial charge in [0.2, 0.25) is 11.5 Å². The number of rotatable bonds is 5. The second kappa shape index (κ2) is 9.03. The van der Waals surface area contributed by atoms with E-state index < -0.39 is 46.3 Å². The number of carbonyl (C=O) groups is 2. The quantitative estimate of drug-likeness (QED) is 0.324. The number of methoxy groups -OCH3 is 2. The van der Waals surface area contributed by atoms with Gasteiger partial charge in [0.15, 0.2) is 0 Å². The molecule has 3 rings (SSSR count). The molecule has 1 aliphatic carbocycles. The van der Waals surface area contributed by atoms with Gasteiger partial charge in [0.25, 0.3) is 0 Å². The van der Waals surface area contributed by atoms with E-state index in [4.69, 9.17) is 21.1 Å². The molecule has 4 atom stereocenters. The smallest absolute Gasteiger partial charge is 0.326 e. The third kappa shape index (κ3) is 3.77. The molecule has 0 radical (unpaired) electrons. The Hall–Kier alpha value is -2.97. The second-order valence-electron chi connectivity index (χ2n) is 7.43. The van der Waals surface area contributed by atoms with Gasteiger partial charge in [0.05, 0.1) is 32.2 Å². The van der Waals surface area contributed by atoms with Crippen LogP contribution in [0.25, 0.3) is 0 Å². The van der Waals surface area contributed by atoms with Crippen molar-refractivity contribution in [2.45, 2.75) is 30.4 Å². The van der Waals surface area contributed by atoms with Gasteiger partial charge in [-0.25, -0.2) is 0 Å². The number of benzene rings is 2. The molecule has 0 amide bonds. The molecule has 1 fully saturated rings. The molecule has 0 spiro atoms. The van der Waals surface area contributed by atoms with Crippen molar-refractivity contribution in [3.8, 4) is 0 Å². The monoisotopic (exact) mass is 447 g/mol. The summed E-state index contributed by atoms with van der Waals surface area (Å²) in [5.41, 5.74) is -1.41. The Labute approximate surface area is 183 Å². The van der Waals surface area contributed by atoms with Crippen molar-refractivity contribution in [3.05, 3.63) is 80.9 Å². The highest BCUT2D eigenvalue weighted by molar-refractivity contribution is 6.30. The summed E-state index contributed by atoms with van der Waals surface area (Å²) in [6.45, 7) is 0. The molecule has 2 aromatic carbocycles. The molecule has 31 heavy (non-hydrogen) atoms. The topological polar surface area (TPSA) is 116 Å². The Kier molecular flexibility index (Phi) is 6.62. The van der Waals surface area contributed by atoms with E-state index in [2.05, 4.69) is 0 Å². The second-order valence-corrected chi connectivity index (χ2v) is 7.86. The summed E-state index contributed by atoms with van der Waals surface area (Å²) < 4.78 is 9.77. The van der Waals surface area contributed by atoms with E-state index in [-0.39, 0.29) is 6.42 Å². The van der Waals surface area contributed by atoms with Gasteiger partial charge in [0.1, 0.15) is 0 Å². The third-order valence-corrected chi connectivity index (χ3v) is 6.25. The largest absolute Gasteiger partial charge is 0.468 e. The first-order chi connectivity index (χ1) is 14.8. The van der Waals surface area contributed by atoms with Gasteiger partial charge in [-0.3, -0.25) is 19.7 Å². The van der Waals surface area contributed by atoms with E-state index in [1.807, 2.05) is 0 Å². The lowest BCUT2D eigenvalue weighted by Gasteiger charge is -2.46. The van der Waals surface area contributed by atoms with E-state index in [1.54, 1.807) is 30.3 Å². The summed E-state index contributed by atoms with van der Waals surface area (Å²) in [5.74, 6) is -4.32. The first-order valence-corrected chi connectivity index (χ1v) is 9.95. The normalized spacial score (nSPS) is 24.8. The molecular formula is C22H22ClNO7. The van der Waals surface area contributed by atoms with Crippen molar-refractivity contribution in [3.63, 3.8) is 0 Å². The lowest BCUT2D eigenvalue weighted by molar-refractivity contribution is -0.538. The van der Waals surface area contributed by atoms with Crippen molar-refractivity contribution in [2.24, 2.45) is 5.41 Å². The number of carbonyl (C=O) groups excluding carboxylic acids is 2. The maximum atomic E-state index is 13.0. The standard InChI is InChI=1S/C22H22ClNO7/c1-30-20(26)22(21(27)31-2)17(25)12-16(13-6-4-3-5-7-13)19(24(28)29)18(22)14-8-10-15(23)11-9-14/h3-11,16-19,25H,12H2,1-2H3/t16-,17+,18-,19+/m0/s1. The van der Waals surface area contributed by atoms with Crippen LogP contribution < -0.4 is 0 Å². The lowest BCUT2D eigenvalue weighted by Crippen LogP contribution is -2.62. The van der Waals surface area contributed by atoms with Gasteiger partial charge in [-0.05, 0) is 29.7 Å². The summed E-state index contributed by atoms with van der Waals surface area (Å²) in [5, 5.41) is 24.0. The van der Waals surface area contributed by atoms with Crippen LogP contribution >= 0.6 is 11.6 Å². The molecule has 9 heteroatoms. The fourth-order valence-electron chi connectivity index (χ4n) is 4.65. The third-order valence-electron chi connectivity index (χ3n) is 5.99. The molecule has 0 saturated heterocycles. The molecule has 0 heterocycles. The van der Waals surface area contributed by atoms with Crippen molar-refractivity contribution in [1.29, 1.82) is 0 Å². The van der Waals surface area contributed by atoms with Gasteiger partial charge < -0.3 is 14.6 Å². The van der Waals surface area contributed by atoms with Crippen molar-refractivity contribution in [2.75, 3.05) is 14.2 Å². The highest BCUT2D eigenvalue weighted by Gasteiger charge is 2.69. The molecule has 1 saturated carbocycles. The number of halogens is 1. The van der Waals surface area contributed by atoms with Crippen LogP contribution in [0, 0.1) is 15.5 Å². The summed E-state index contributed by atoms with van der Waals surface area (Å²) in [4.78, 5) is 37.9. The molecule has 2 aromatic rings. The number of aliphatic hydroxyl groups excluding tert-OH is 1. The summed E-state index contributed by atoms with van der Waals surface area (Å²) in [7, 11) is 2.12. The predicted octanol–water partition coefficient (Wildman–Crippen LogP) is 2.95. The average molecular weight is 448 g/mol. The van der Waals surface area contributed by atoms with Crippen molar-refractivity contribution >= 4 is 23.5 Å². The van der Waals surface area contributed by atoms with Crippen LogP contribution in [0.2, 0.25) is 5.02 Å². The molecule has 1 N–H and O–H groups in total. The van der Waals surface area contributed by atoms with Crippen LogP contribution in [0.4, 0.5) is 0 Å². The molecule has 0 bridgehead atoms. The van der Waals surface area contributed by atoms with E-state index in [0.717, 1.165) is 14.2 Å². The zero-order valence-electron chi connectivity index (χ0n) is 16.9. The average Bonchev–Trinajstić information content (AvgIpc) is 2.78. The Balaban J connectivity index is 2.33. The lowest BCUT2D eigenvalue weighted by atomic mass is 9.56. The Morgan fingerprint density at radius 2 is 1.58 bits per heavy atom. The van der Waals surface area contributed by atoms with Crippen LogP contribution in [-0.2, 0) is 19.1 Å². The Morgan fingerprint density at radius 3 is 2.06 bits per heavy atom. The maximum Gasteiger partial charge on any atom is 0.326 e. The van der Waals surface area contributed by atoms with E-state index in [9.17, 15) is 24.8 Å². The summed E-state index contributed by atoms with van der Waals surface area (Å²) in [6.07, 6.45) is -1.79. The number of nitro groups is 1. The van der Waals surface area contributed by atoms with E-state index in [0.29, 0.717) is 16.1 Å². The van der Waals surface area contributed by atoms with Gasteiger partial charge in [-0.2, -0.15) is 0 Å². The van der Waals surface area contributed by atoms with Crippen LogP contribution in [0.5, 0.6) is 0 Å². The number of ether oxygens (including phenoxy) is 2. The van der Waals surface area contributed by atoms with Crippen molar-refractivity contribution < 1.29 is 29.1 Å². The minimum Gasteiger partial charge on any atom is -0.468 e. The molecule has 0 unspecified atom stereocenters. The number of esters is 2. The first kappa shape index (κ1) is 22.7. The molecule has 1 aliphatic rings. The summed E-state index contributed by atoms with van der Waals surface area (Å²) in [6, 6.07) is 13.3. The number of aliphatic hydroxyl groups is 1. The van der Waals surface area contributed by atoms with Crippen LogP contribution in [-0.4, -0.2) is 48.3 Å². The maximum absolute atomic E-state index is 13.0. The highest BCUT2D eigenvalue weighted by Crippen LogP contribution is 2.54.